The molecule has 1 atom stereocenters. The van der Waals surface area contributed by atoms with E-state index in [9.17, 15) is 27.2 Å². The van der Waals surface area contributed by atoms with Crippen LogP contribution in [0.2, 0.25) is 0 Å². The van der Waals surface area contributed by atoms with Crippen LogP contribution in [0.4, 0.5) is 17.6 Å². The van der Waals surface area contributed by atoms with Crippen LogP contribution in [0.1, 0.15) is 63.2 Å². The largest absolute Gasteiger partial charge is 0.419 e. The molecule has 1 aliphatic heterocycles. The molecule has 0 saturated carbocycles. The van der Waals surface area contributed by atoms with Gasteiger partial charge in [0.25, 0.3) is 11.8 Å². The lowest BCUT2D eigenvalue weighted by Gasteiger charge is -2.45. The average Bonchev–Trinajstić information content (AvgIpc) is 3.15. The first-order chi connectivity index (χ1) is 18.9. The van der Waals surface area contributed by atoms with Crippen LogP contribution in [0.15, 0.2) is 66.7 Å². The molecule has 2 amide bonds. The number of hydrogen-bond acceptors (Lipinski definition) is 4. The Hall–Kier alpha value is -3.76. The third-order valence-electron chi connectivity index (χ3n) is 7.77. The van der Waals surface area contributed by atoms with Gasteiger partial charge in [-0.25, -0.2) is 4.39 Å². The van der Waals surface area contributed by atoms with Crippen LogP contribution in [-0.2, 0) is 30.3 Å². The highest BCUT2D eigenvalue weighted by molar-refractivity contribution is 5.99. The minimum atomic E-state index is -4.88. The second kappa shape index (κ2) is 10.3. The summed E-state index contributed by atoms with van der Waals surface area (Å²) in [6.45, 7) is 5.41. The van der Waals surface area contributed by atoms with E-state index in [2.05, 4.69) is 41.7 Å². The lowest BCUT2D eigenvalue weighted by Crippen LogP contribution is -2.54. The average molecular weight is 556 g/mol. The van der Waals surface area contributed by atoms with Gasteiger partial charge in [-0.05, 0) is 80.1 Å². The Bertz CT molecular complexity index is 1440. The van der Waals surface area contributed by atoms with Crippen LogP contribution in [0.3, 0.4) is 0 Å². The molecule has 2 N–H and O–H groups in total. The Morgan fingerprint density at radius 2 is 1.57 bits per heavy atom. The molecule has 6 nitrogen and oxygen atoms in total. The van der Waals surface area contributed by atoms with Crippen LogP contribution >= 0.6 is 0 Å². The van der Waals surface area contributed by atoms with E-state index in [0.717, 1.165) is 36.6 Å². The molecule has 1 spiro atoms. The molecule has 10 heteroatoms. The summed E-state index contributed by atoms with van der Waals surface area (Å²) in [6.07, 6.45) is -2.48. The minimum absolute atomic E-state index is 0.248. The number of carbonyl (C=O) groups excluding carboxylic acids is 2. The summed E-state index contributed by atoms with van der Waals surface area (Å²) in [6, 6.07) is 17.4. The van der Waals surface area contributed by atoms with Crippen LogP contribution < -0.4 is 10.9 Å². The summed E-state index contributed by atoms with van der Waals surface area (Å²) in [7, 11) is 0. The van der Waals surface area contributed by atoms with Gasteiger partial charge in [-0.2, -0.15) is 13.2 Å². The monoisotopic (exact) mass is 555 g/mol. The van der Waals surface area contributed by atoms with Gasteiger partial charge in [-0.1, -0.05) is 36.4 Å². The van der Waals surface area contributed by atoms with Crippen molar-refractivity contribution in [2.24, 2.45) is 0 Å². The number of hydrogen-bond donors (Lipinski definition) is 2. The van der Waals surface area contributed by atoms with Gasteiger partial charge in [0, 0.05) is 17.7 Å². The summed E-state index contributed by atoms with van der Waals surface area (Å²) >= 11 is 0. The van der Waals surface area contributed by atoms with Gasteiger partial charge >= 0.3 is 6.18 Å². The number of nitrogens with one attached hydrogen (secondary N) is 2. The molecule has 3 aromatic rings. The maximum absolute atomic E-state index is 13.9. The molecule has 210 valence electrons. The van der Waals surface area contributed by atoms with Crippen molar-refractivity contribution in [3.05, 3.63) is 106 Å². The molecule has 40 heavy (non-hydrogen) atoms. The Morgan fingerprint density at radius 3 is 2.23 bits per heavy atom. The number of rotatable bonds is 4. The third kappa shape index (κ3) is 5.46. The van der Waals surface area contributed by atoms with Crippen molar-refractivity contribution in [3.8, 4) is 0 Å². The fraction of sp³-hybridized carbons (Fsp3) is 0.333. The van der Waals surface area contributed by atoms with Crippen molar-refractivity contribution >= 4 is 11.8 Å². The fourth-order valence-electron chi connectivity index (χ4n) is 5.65. The van der Waals surface area contributed by atoms with E-state index in [1.807, 2.05) is 24.3 Å². The van der Waals surface area contributed by atoms with Crippen molar-refractivity contribution in [2.45, 2.75) is 57.1 Å². The smallest absolute Gasteiger partial charge is 0.359 e. The summed E-state index contributed by atoms with van der Waals surface area (Å²) in [5, 5.41) is 0. The third-order valence-corrected chi connectivity index (χ3v) is 7.77. The number of hydrazine groups is 1. The Morgan fingerprint density at radius 1 is 0.925 bits per heavy atom. The molecule has 5 rings (SSSR count). The molecule has 0 radical (unpaired) electrons. The second-order valence-corrected chi connectivity index (χ2v) is 10.8. The van der Waals surface area contributed by atoms with Gasteiger partial charge in [-0.3, -0.25) is 25.3 Å². The van der Waals surface area contributed by atoms with Gasteiger partial charge in [-0.15, -0.1) is 0 Å². The van der Waals surface area contributed by atoms with Crippen LogP contribution in [-0.4, -0.2) is 34.6 Å². The molecular formula is C30H29F4N3O3. The molecule has 0 unspecified atom stereocenters. The summed E-state index contributed by atoms with van der Waals surface area (Å²) in [5.74, 6) is -3.12. The Labute approximate surface area is 229 Å². The zero-order valence-electron chi connectivity index (χ0n) is 22.1. The molecule has 0 aromatic heterocycles. The van der Waals surface area contributed by atoms with E-state index in [-0.39, 0.29) is 11.1 Å². The highest BCUT2D eigenvalue weighted by atomic mass is 19.4. The SMILES string of the molecule is CC1(C)OC[C@@]2(CCc3ccc(C(=O)NNC(=O)c4ccc(C(F)(F)F)c(F)c4)cc3C2)N1Cc1ccccc1. The highest BCUT2D eigenvalue weighted by Crippen LogP contribution is 2.44. The molecular weight excluding hydrogens is 526 g/mol. The summed E-state index contributed by atoms with van der Waals surface area (Å²) in [4.78, 5) is 27.6. The number of nitrogens with zero attached hydrogens (tertiary/aromatic N) is 1. The van der Waals surface area contributed by atoms with Crippen LogP contribution in [0.25, 0.3) is 0 Å². The van der Waals surface area contributed by atoms with Crippen molar-refractivity contribution in [3.63, 3.8) is 0 Å². The number of alkyl halides is 3. The highest BCUT2D eigenvalue weighted by Gasteiger charge is 2.52. The van der Waals surface area contributed by atoms with Crippen LogP contribution in [0.5, 0.6) is 0 Å². The molecule has 1 saturated heterocycles. The lowest BCUT2D eigenvalue weighted by molar-refractivity contribution is -0.140. The van der Waals surface area contributed by atoms with Crippen molar-refractivity contribution in [1.82, 2.24) is 15.8 Å². The zero-order chi connectivity index (χ0) is 28.7. The molecule has 1 heterocycles. The van der Waals surface area contributed by atoms with Crippen LogP contribution in [0, 0.1) is 5.82 Å². The first kappa shape index (κ1) is 27.8. The van der Waals surface area contributed by atoms with E-state index in [1.165, 1.54) is 5.56 Å². The van der Waals surface area contributed by atoms with Crippen molar-refractivity contribution < 1.29 is 31.9 Å². The number of carbonyl (C=O) groups is 2. The number of aryl methyl sites for hydroxylation is 1. The van der Waals surface area contributed by atoms with E-state index in [0.29, 0.717) is 30.7 Å². The number of benzene rings is 3. The fourth-order valence-corrected chi connectivity index (χ4v) is 5.65. The lowest BCUT2D eigenvalue weighted by atomic mass is 9.76. The molecule has 3 aromatic carbocycles. The van der Waals surface area contributed by atoms with E-state index >= 15 is 0 Å². The van der Waals surface area contributed by atoms with Gasteiger partial charge in [0.15, 0.2) is 0 Å². The zero-order valence-corrected chi connectivity index (χ0v) is 22.1. The topological polar surface area (TPSA) is 70.7 Å². The summed E-state index contributed by atoms with van der Waals surface area (Å²) in [5.41, 5.74) is 5.49. The normalized spacial score (nSPS) is 20.2. The maximum Gasteiger partial charge on any atom is 0.419 e. The van der Waals surface area contributed by atoms with Gasteiger partial charge in [0.2, 0.25) is 0 Å². The first-order valence-corrected chi connectivity index (χ1v) is 12.9. The Kier molecular flexibility index (Phi) is 7.18. The predicted octanol–water partition coefficient (Wildman–Crippen LogP) is 5.42. The van der Waals surface area contributed by atoms with Gasteiger partial charge in [0.05, 0.1) is 17.7 Å². The van der Waals surface area contributed by atoms with Gasteiger partial charge in [0.1, 0.15) is 11.5 Å². The maximum atomic E-state index is 13.9. The number of halogens is 4. The summed E-state index contributed by atoms with van der Waals surface area (Å²) < 4.78 is 58.5. The van der Waals surface area contributed by atoms with E-state index in [1.54, 1.807) is 12.1 Å². The number of amides is 2. The van der Waals surface area contributed by atoms with E-state index < -0.39 is 35.1 Å². The standard InChI is InChI=1S/C30H29F4N3O3/c1-28(2)37(17-19-6-4-3-5-7-19)29(18-40-28)13-12-20-8-9-21(14-23(20)16-29)26(38)35-36-27(39)22-10-11-24(25(31)15-22)30(32,33)34/h3-11,14-15H,12-13,16-18H2,1-2H3,(H,35,38)(H,36,39)/t29-/m0/s1. The second-order valence-electron chi connectivity index (χ2n) is 10.8. The van der Waals surface area contributed by atoms with Gasteiger partial charge < -0.3 is 4.74 Å². The molecule has 1 aliphatic carbocycles. The number of fused-ring (bicyclic) bond motifs is 1. The first-order valence-electron chi connectivity index (χ1n) is 12.9. The van der Waals surface area contributed by atoms with Crippen molar-refractivity contribution in [2.75, 3.05) is 6.61 Å². The van der Waals surface area contributed by atoms with E-state index in [4.69, 9.17) is 4.74 Å². The predicted molar refractivity (Wildman–Crippen MR) is 140 cm³/mol. The minimum Gasteiger partial charge on any atom is -0.359 e. The Balaban J connectivity index is 1.29. The molecule has 0 bridgehead atoms. The molecule has 2 aliphatic rings. The van der Waals surface area contributed by atoms with Crippen molar-refractivity contribution in [1.29, 1.82) is 0 Å². The number of ether oxygens (including phenoxy) is 1. The quantitative estimate of drug-likeness (QED) is 0.334. The molecule has 1 fully saturated rings.